The van der Waals surface area contributed by atoms with Crippen molar-refractivity contribution < 1.29 is 4.74 Å². The third-order valence-electron chi connectivity index (χ3n) is 2.04. The number of hydrogen-bond donors (Lipinski definition) is 1. The maximum Gasteiger partial charge on any atom is 0.256 e. The average molecular weight is 217 g/mol. The Bertz CT molecular complexity index is 150. The van der Waals surface area contributed by atoms with Crippen LogP contribution in [0.5, 0.6) is 0 Å². The van der Waals surface area contributed by atoms with E-state index < -0.39 is 0 Å². The molecule has 0 spiro atoms. The molecule has 14 heavy (non-hydrogen) atoms. The summed E-state index contributed by atoms with van der Waals surface area (Å²) in [6.07, 6.45) is 6.19. The smallest absolute Gasteiger partial charge is 0.256 e. The van der Waals surface area contributed by atoms with Crippen molar-refractivity contribution in [2.45, 2.75) is 59.0 Å². The summed E-state index contributed by atoms with van der Waals surface area (Å²) in [5.74, 6) is 0. The normalized spacial score (nSPS) is 12.2. The summed E-state index contributed by atoms with van der Waals surface area (Å²) in [4.78, 5) is 0. The zero-order valence-corrected chi connectivity index (χ0v) is 10.5. The lowest BCUT2D eigenvalue weighted by atomic mass is 10.1. The van der Waals surface area contributed by atoms with Gasteiger partial charge in [0.1, 0.15) is 0 Å². The standard InChI is InChI=1S/C11H23NOS/c1-4-6-7-8-10(3)13-11(14)12-9-5-2/h10H,4-9H2,1-3H3,(H,12,14). The highest BCUT2D eigenvalue weighted by Gasteiger charge is 2.04. The van der Waals surface area contributed by atoms with Crippen molar-refractivity contribution in [1.29, 1.82) is 0 Å². The van der Waals surface area contributed by atoms with Gasteiger partial charge >= 0.3 is 0 Å². The van der Waals surface area contributed by atoms with Crippen LogP contribution in [0, 0.1) is 0 Å². The first kappa shape index (κ1) is 13.7. The van der Waals surface area contributed by atoms with Gasteiger partial charge in [-0.2, -0.15) is 0 Å². The van der Waals surface area contributed by atoms with Gasteiger partial charge < -0.3 is 10.1 Å². The fourth-order valence-electron chi connectivity index (χ4n) is 1.19. The van der Waals surface area contributed by atoms with Gasteiger partial charge in [-0.25, -0.2) is 0 Å². The van der Waals surface area contributed by atoms with Gasteiger partial charge in [0.05, 0.1) is 6.10 Å². The third kappa shape index (κ3) is 8.30. The molecule has 0 aromatic rings. The Morgan fingerprint density at radius 1 is 1.29 bits per heavy atom. The Morgan fingerprint density at radius 3 is 2.57 bits per heavy atom. The summed E-state index contributed by atoms with van der Waals surface area (Å²) >= 11 is 5.04. The summed E-state index contributed by atoms with van der Waals surface area (Å²) in [7, 11) is 0. The van der Waals surface area contributed by atoms with Crippen LogP contribution in [0.15, 0.2) is 0 Å². The van der Waals surface area contributed by atoms with Gasteiger partial charge in [0.2, 0.25) is 0 Å². The van der Waals surface area contributed by atoms with E-state index in [9.17, 15) is 0 Å². The Hall–Kier alpha value is -0.310. The van der Waals surface area contributed by atoms with Gasteiger partial charge in [-0.05, 0) is 38.4 Å². The topological polar surface area (TPSA) is 21.3 Å². The number of nitrogens with one attached hydrogen (secondary N) is 1. The molecule has 1 atom stereocenters. The van der Waals surface area contributed by atoms with Crippen LogP contribution in [-0.2, 0) is 4.74 Å². The molecule has 0 aliphatic rings. The lowest BCUT2D eigenvalue weighted by Gasteiger charge is -2.15. The van der Waals surface area contributed by atoms with E-state index in [0.717, 1.165) is 19.4 Å². The van der Waals surface area contributed by atoms with Crippen molar-refractivity contribution in [2.75, 3.05) is 6.54 Å². The third-order valence-corrected chi connectivity index (χ3v) is 2.28. The SMILES string of the molecule is CCCCCC(C)OC(=S)NCCC. The Labute approximate surface area is 93.4 Å². The maximum atomic E-state index is 5.52. The second-order valence-corrected chi connectivity index (χ2v) is 4.01. The number of unbranched alkanes of at least 4 members (excludes halogenated alkanes) is 2. The van der Waals surface area contributed by atoms with Gasteiger partial charge in [-0.1, -0.05) is 26.7 Å². The molecule has 84 valence electrons. The molecule has 0 amide bonds. The molecule has 0 saturated carbocycles. The molecule has 0 rings (SSSR count). The molecule has 0 radical (unpaired) electrons. The molecule has 0 aliphatic heterocycles. The predicted octanol–water partition coefficient (Wildman–Crippen LogP) is 3.26. The van der Waals surface area contributed by atoms with Crippen LogP contribution in [0.25, 0.3) is 0 Å². The van der Waals surface area contributed by atoms with E-state index in [1.54, 1.807) is 0 Å². The highest BCUT2D eigenvalue weighted by molar-refractivity contribution is 7.80. The van der Waals surface area contributed by atoms with Crippen LogP contribution in [0.2, 0.25) is 0 Å². The lowest BCUT2D eigenvalue weighted by molar-refractivity contribution is 0.190. The molecule has 0 aromatic carbocycles. The average Bonchev–Trinajstić information content (AvgIpc) is 2.15. The van der Waals surface area contributed by atoms with E-state index in [2.05, 4.69) is 26.1 Å². The molecule has 0 aromatic heterocycles. The minimum absolute atomic E-state index is 0.249. The minimum atomic E-state index is 0.249. The van der Waals surface area contributed by atoms with Crippen molar-refractivity contribution in [3.63, 3.8) is 0 Å². The van der Waals surface area contributed by atoms with Crippen molar-refractivity contribution >= 4 is 17.4 Å². The van der Waals surface area contributed by atoms with Crippen LogP contribution in [-0.4, -0.2) is 17.8 Å². The van der Waals surface area contributed by atoms with Gasteiger partial charge in [0.25, 0.3) is 5.17 Å². The summed E-state index contributed by atoms with van der Waals surface area (Å²) in [6.45, 7) is 7.30. The molecule has 1 N–H and O–H groups in total. The van der Waals surface area contributed by atoms with E-state index in [4.69, 9.17) is 17.0 Å². The van der Waals surface area contributed by atoms with E-state index in [1.165, 1.54) is 19.3 Å². The minimum Gasteiger partial charge on any atom is -0.468 e. The first-order valence-electron chi connectivity index (χ1n) is 5.65. The molecule has 0 aliphatic carbocycles. The summed E-state index contributed by atoms with van der Waals surface area (Å²) < 4.78 is 5.52. The van der Waals surface area contributed by atoms with Gasteiger partial charge in [0, 0.05) is 6.54 Å². The number of ether oxygens (including phenoxy) is 1. The van der Waals surface area contributed by atoms with E-state index in [0.29, 0.717) is 5.17 Å². The number of thiocarbonyl (C=S) groups is 1. The number of rotatable bonds is 7. The Kier molecular flexibility index (Phi) is 9.05. The van der Waals surface area contributed by atoms with E-state index in [-0.39, 0.29) is 6.10 Å². The quantitative estimate of drug-likeness (QED) is 0.522. The molecule has 2 nitrogen and oxygen atoms in total. The van der Waals surface area contributed by atoms with Crippen LogP contribution >= 0.6 is 12.2 Å². The molecule has 3 heteroatoms. The van der Waals surface area contributed by atoms with E-state index in [1.807, 2.05) is 0 Å². The monoisotopic (exact) mass is 217 g/mol. The van der Waals surface area contributed by atoms with Gasteiger partial charge in [-0.3, -0.25) is 0 Å². The zero-order valence-electron chi connectivity index (χ0n) is 9.64. The van der Waals surface area contributed by atoms with Crippen molar-refractivity contribution in [3.8, 4) is 0 Å². The Balaban J connectivity index is 3.40. The maximum absolute atomic E-state index is 5.52. The fraction of sp³-hybridized carbons (Fsp3) is 0.909. The molecule has 0 fully saturated rings. The van der Waals surface area contributed by atoms with Crippen LogP contribution in [0.4, 0.5) is 0 Å². The first-order valence-corrected chi connectivity index (χ1v) is 6.06. The molecular formula is C11H23NOS. The van der Waals surface area contributed by atoms with Crippen LogP contribution in [0.3, 0.4) is 0 Å². The molecule has 0 heterocycles. The Morgan fingerprint density at radius 2 is 2.00 bits per heavy atom. The summed E-state index contributed by atoms with van der Waals surface area (Å²) in [5.41, 5.74) is 0. The van der Waals surface area contributed by atoms with Crippen molar-refractivity contribution in [2.24, 2.45) is 0 Å². The zero-order chi connectivity index (χ0) is 10.8. The molecule has 1 unspecified atom stereocenters. The molecule has 0 saturated heterocycles. The highest BCUT2D eigenvalue weighted by atomic mass is 32.1. The highest BCUT2D eigenvalue weighted by Crippen LogP contribution is 2.06. The second kappa shape index (κ2) is 9.25. The van der Waals surface area contributed by atoms with Crippen LogP contribution < -0.4 is 5.32 Å². The largest absolute Gasteiger partial charge is 0.468 e. The van der Waals surface area contributed by atoms with Crippen molar-refractivity contribution in [3.05, 3.63) is 0 Å². The van der Waals surface area contributed by atoms with Crippen LogP contribution in [0.1, 0.15) is 52.9 Å². The summed E-state index contributed by atoms with van der Waals surface area (Å²) in [6, 6.07) is 0. The first-order chi connectivity index (χ1) is 6.70. The fourth-order valence-corrected chi connectivity index (χ4v) is 1.46. The van der Waals surface area contributed by atoms with Gasteiger partial charge in [-0.15, -0.1) is 0 Å². The van der Waals surface area contributed by atoms with E-state index >= 15 is 0 Å². The molecule has 0 bridgehead atoms. The molecular weight excluding hydrogens is 194 g/mol. The second-order valence-electron chi connectivity index (χ2n) is 3.64. The summed E-state index contributed by atoms with van der Waals surface area (Å²) in [5, 5.41) is 3.61. The predicted molar refractivity (Wildman–Crippen MR) is 65.6 cm³/mol. The van der Waals surface area contributed by atoms with Crippen molar-refractivity contribution in [1.82, 2.24) is 5.32 Å². The van der Waals surface area contributed by atoms with Gasteiger partial charge in [0.15, 0.2) is 0 Å². The number of hydrogen-bond acceptors (Lipinski definition) is 2. The lowest BCUT2D eigenvalue weighted by Crippen LogP contribution is -2.28.